The largest absolute Gasteiger partial charge is 0.416 e. The van der Waals surface area contributed by atoms with Crippen molar-refractivity contribution in [3.63, 3.8) is 0 Å². The molecule has 2 aromatic carbocycles. The van der Waals surface area contributed by atoms with E-state index in [-0.39, 0.29) is 36.3 Å². The highest BCUT2D eigenvalue weighted by atomic mass is 19.4. The van der Waals surface area contributed by atoms with Crippen molar-refractivity contribution in [2.45, 2.75) is 69.0 Å². The molecule has 2 heterocycles. The molecule has 2 atom stereocenters. The molecule has 2 saturated heterocycles. The lowest BCUT2D eigenvalue weighted by Gasteiger charge is -2.36. The summed E-state index contributed by atoms with van der Waals surface area (Å²) in [6.45, 7) is 3.02. The first-order chi connectivity index (χ1) is 17.1. The summed E-state index contributed by atoms with van der Waals surface area (Å²) < 4.78 is 40.6. The molecule has 3 fully saturated rings. The number of aryl methyl sites for hydroxylation is 1. The topological polar surface area (TPSA) is 57.7 Å². The minimum Gasteiger partial charge on any atom is -0.342 e. The monoisotopic (exact) mass is 498 g/mol. The number of rotatable bonds is 5. The second kappa shape index (κ2) is 9.05. The van der Waals surface area contributed by atoms with Crippen molar-refractivity contribution >= 4 is 17.7 Å². The van der Waals surface area contributed by atoms with Gasteiger partial charge in [0.1, 0.15) is 0 Å². The first-order valence-corrected chi connectivity index (χ1v) is 12.5. The maximum Gasteiger partial charge on any atom is 0.416 e. The van der Waals surface area contributed by atoms with E-state index in [1.54, 1.807) is 4.90 Å². The molecule has 0 radical (unpaired) electrons. The molecule has 2 aliphatic heterocycles. The summed E-state index contributed by atoms with van der Waals surface area (Å²) in [7, 11) is 0. The fourth-order valence-corrected chi connectivity index (χ4v) is 5.69. The summed E-state index contributed by atoms with van der Waals surface area (Å²) in [5.74, 6) is -1.11. The summed E-state index contributed by atoms with van der Waals surface area (Å²) in [5.41, 5.74) is -0.149. The number of likely N-dealkylation sites (tertiary alicyclic amines) is 2. The molecule has 0 spiro atoms. The first kappa shape index (κ1) is 24.5. The number of benzene rings is 2. The predicted molar refractivity (Wildman–Crippen MR) is 127 cm³/mol. The van der Waals surface area contributed by atoms with Gasteiger partial charge in [0, 0.05) is 37.9 Å². The Bertz CT molecular complexity index is 1210. The molecule has 0 N–H and O–H groups in total. The summed E-state index contributed by atoms with van der Waals surface area (Å²) in [4.78, 5) is 43.1. The molecular weight excluding hydrogens is 469 g/mol. The second-order valence-corrected chi connectivity index (χ2v) is 10.4. The number of halogens is 3. The smallest absolute Gasteiger partial charge is 0.342 e. The number of imide groups is 1. The summed E-state index contributed by atoms with van der Waals surface area (Å²) in [6, 6.07) is 12.5. The third-order valence-corrected chi connectivity index (χ3v) is 7.75. The Morgan fingerprint density at radius 3 is 2.50 bits per heavy atom. The van der Waals surface area contributed by atoms with Gasteiger partial charge < -0.3 is 4.90 Å². The van der Waals surface area contributed by atoms with Gasteiger partial charge >= 0.3 is 6.18 Å². The van der Waals surface area contributed by atoms with E-state index in [4.69, 9.17) is 0 Å². The third kappa shape index (κ3) is 4.53. The van der Waals surface area contributed by atoms with Crippen LogP contribution in [-0.4, -0.2) is 46.7 Å². The molecule has 0 bridgehead atoms. The van der Waals surface area contributed by atoms with Gasteiger partial charge in [-0.05, 0) is 49.8 Å². The fraction of sp³-hybridized carbons (Fsp3) is 0.464. The van der Waals surface area contributed by atoms with Crippen LogP contribution >= 0.6 is 0 Å². The summed E-state index contributed by atoms with van der Waals surface area (Å²) >= 11 is 0. The summed E-state index contributed by atoms with van der Waals surface area (Å²) in [6.07, 6.45) is -2.10. The van der Waals surface area contributed by atoms with Gasteiger partial charge in [-0.3, -0.25) is 19.3 Å². The van der Waals surface area contributed by atoms with Gasteiger partial charge in [0.05, 0.1) is 11.0 Å². The lowest BCUT2D eigenvalue weighted by molar-refractivity contribution is -0.143. The van der Waals surface area contributed by atoms with Crippen LogP contribution in [0.5, 0.6) is 0 Å². The Labute approximate surface area is 208 Å². The van der Waals surface area contributed by atoms with Crippen molar-refractivity contribution in [1.82, 2.24) is 9.80 Å². The van der Waals surface area contributed by atoms with Crippen LogP contribution in [0, 0.1) is 6.92 Å². The van der Waals surface area contributed by atoms with E-state index in [0.717, 1.165) is 36.1 Å². The zero-order chi connectivity index (χ0) is 25.7. The maximum absolute atomic E-state index is 13.7. The lowest BCUT2D eigenvalue weighted by atomic mass is 9.75. The quantitative estimate of drug-likeness (QED) is 0.547. The van der Waals surface area contributed by atoms with E-state index in [1.807, 2.05) is 25.1 Å². The van der Waals surface area contributed by atoms with Gasteiger partial charge in [0.15, 0.2) is 0 Å². The van der Waals surface area contributed by atoms with Gasteiger partial charge in [-0.1, -0.05) is 48.0 Å². The standard InChI is InChI=1S/C28H29F3N2O3/c1-18-5-2-6-19(13-18)20-7-4-12-32(17-20)24(34)15-27(16-25(35)33(26(27)36)23-10-11-23)21-8-3-9-22(14-21)28(29,30)31/h2-3,5-6,8-9,13-14,20,23H,4,7,10-12,15-17H2,1H3/t20-,27+/m0/s1. The van der Waals surface area contributed by atoms with Crippen LogP contribution in [0.15, 0.2) is 48.5 Å². The van der Waals surface area contributed by atoms with Crippen molar-refractivity contribution in [2.75, 3.05) is 13.1 Å². The van der Waals surface area contributed by atoms with Crippen molar-refractivity contribution in [3.05, 3.63) is 70.8 Å². The van der Waals surface area contributed by atoms with Gasteiger partial charge in [-0.15, -0.1) is 0 Å². The van der Waals surface area contributed by atoms with Gasteiger partial charge in [0.2, 0.25) is 17.7 Å². The highest BCUT2D eigenvalue weighted by molar-refractivity contribution is 6.11. The van der Waals surface area contributed by atoms with E-state index < -0.39 is 29.0 Å². The molecule has 0 aromatic heterocycles. The molecule has 5 nitrogen and oxygen atoms in total. The number of piperidine rings is 1. The zero-order valence-corrected chi connectivity index (χ0v) is 20.2. The predicted octanol–water partition coefficient (Wildman–Crippen LogP) is 4.97. The Kier molecular flexibility index (Phi) is 6.17. The van der Waals surface area contributed by atoms with E-state index in [0.29, 0.717) is 25.9 Å². The first-order valence-electron chi connectivity index (χ1n) is 12.5. The van der Waals surface area contributed by atoms with Crippen LogP contribution in [0.3, 0.4) is 0 Å². The maximum atomic E-state index is 13.7. The number of nitrogens with zero attached hydrogens (tertiary/aromatic N) is 2. The van der Waals surface area contributed by atoms with E-state index >= 15 is 0 Å². The molecule has 8 heteroatoms. The molecule has 2 aromatic rings. The normalized spacial score (nSPS) is 24.9. The Morgan fingerprint density at radius 1 is 1.06 bits per heavy atom. The zero-order valence-electron chi connectivity index (χ0n) is 20.2. The van der Waals surface area contributed by atoms with Crippen LogP contribution in [-0.2, 0) is 26.0 Å². The van der Waals surface area contributed by atoms with Crippen molar-refractivity contribution < 1.29 is 27.6 Å². The van der Waals surface area contributed by atoms with Gasteiger partial charge in [-0.2, -0.15) is 13.2 Å². The molecule has 3 aliphatic rings. The average Bonchev–Trinajstić information content (AvgIpc) is 3.64. The van der Waals surface area contributed by atoms with Crippen LogP contribution < -0.4 is 0 Å². The number of alkyl halides is 3. The van der Waals surface area contributed by atoms with E-state index in [9.17, 15) is 27.6 Å². The molecule has 1 saturated carbocycles. The molecule has 190 valence electrons. The van der Waals surface area contributed by atoms with E-state index in [1.165, 1.54) is 17.0 Å². The number of carbonyl (C=O) groups excluding carboxylic acids is 3. The Hall–Kier alpha value is -3.16. The van der Waals surface area contributed by atoms with Gasteiger partial charge in [0.25, 0.3) is 0 Å². The third-order valence-electron chi connectivity index (χ3n) is 7.75. The number of carbonyl (C=O) groups is 3. The molecule has 1 aliphatic carbocycles. The van der Waals surface area contributed by atoms with Crippen LogP contribution in [0.2, 0.25) is 0 Å². The average molecular weight is 499 g/mol. The van der Waals surface area contributed by atoms with E-state index in [2.05, 4.69) is 6.07 Å². The number of amides is 3. The molecular formula is C28H29F3N2O3. The van der Waals surface area contributed by atoms with Crippen LogP contribution in [0.1, 0.15) is 66.7 Å². The Morgan fingerprint density at radius 2 is 1.81 bits per heavy atom. The highest BCUT2D eigenvalue weighted by Gasteiger charge is 2.57. The van der Waals surface area contributed by atoms with Crippen molar-refractivity contribution in [1.29, 1.82) is 0 Å². The van der Waals surface area contributed by atoms with Crippen molar-refractivity contribution in [3.8, 4) is 0 Å². The molecule has 0 unspecified atom stereocenters. The molecule has 3 amide bonds. The molecule has 36 heavy (non-hydrogen) atoms. The highest BCUT2D eigenvalue weighted by Crippen LogP contribution is 2.46. The van der Waals surface area contributed by atoms with Gasteiger partial charge in [-0.25, -0.2) is 0 Å². The Balaban J connectivity index is 1.45. The molecule has 5 rings (SSSR count). The fourth-order valence-electron chi connectivity index (χ4n) is 5.69. The minimum absolute atomic E-state index is 0.0828. The number of hydrogen-bond acceptors (Lipinski definition) is 3. The van der Waals surface area contributed by atoms with Crippen LogP contribution in [0.25, 0.3) is 0 Å². The summed E-state index contributed by atoms with van der Waals surface area (Å²) in [5, 5.41) is 0. The minimum atomic E-state index is -4.60. The number of hydrogen-bond donors (Lipinski definition) is 0. The lowest BCUT2D eigenvalue weighted by Crippen LogP contribution is -2.46. The van der Waals surface area contributed by atoms with Crippen molar-refractivity contribution in [2.24, 2.45) is 0 Å². The van der Waals surface area contributed by atoms with Crippen LogP contribution in [0.4, 0.5) is 13.2 Å². The second-order valence-electron chi connectivity index (χ2n) is 10.4. The SMILES string of the molecule is Cc1cccc([C@H]2CCCN(C(=O)C[C@]3(c4cccc(C(F)(F)F)c4)CC(=O)N(C4CC4)C3=O)C2)c1.